The molecule has 7 heteroatoms. The number of aromatic hydroxyl groups is 1. The summed E-state index contributed by atoms with van der Waals surface area (Å²) in [5.74, 6) is 6.94. The number of hydrogen-bond acceptors (Lipinski definition) is 4. The average Bonchev–Trinajstić information content (AvgIpc) is 2.78. The molecule has 1 fully saturated rings. The van der Waals surface area contributed by atoms with E-state index < -0.39 is 11.7 Å². The summed E-state index contributed by atoms with van der Waals surface area (Å²) in [5.41, 5.74) is 1.16. The first-order chi connectivity index (χ1) is 14.9. The number of halogens is 3. The molecule has 1 radical (unpaired) electrons. The van der Waals surface area contributed by atoms with Crippen molar-refractivity contribution >= 4 is 5.82 Å². The van der Waals surface area contributed by atoms with Gasteiger partial charge in [-0.2, -0.15) is 13.2 Å². The Balaban J connectivity index is 1.40. The third-order valence-electron chi connectivity index (χ3n) is 5.20. The highest BCUT2D eigenvalue weighted by Gasteiger charge is 2.38. The number of phenolic OH excluding ortho intramolecular Hbond substituents is 1. The van der Waals surface area contributed by atoms with E-state index >= 15 is 0 Å². The molecule has 1 aromatic carbocycles. The first kappa shape index (κ1) is 20.9. The minimum absolute atomic E-state index is 0.166. The largest absolute Gasteiger partial charge is 0.508 e. The molecule has 159 valence electrons. The number of benzene rings is 1. The minimum Gasteiger partial charge on any atom is -0.508 e. The maximum Gasteiger partial charge on any atom is 0.414 e. The first-order valence-electron chi connectivity index (χ1n) is 9.98. The Labute approximate surface area is 179 Å². The summed E-state index contributed by atoms with van der Waals surface area (Å²) < 4.78 is 40.0. The van der Waals surface area contributed by atoms with Crippen LogP contribution in [-0.4, -0.2) is 47.3 Å². The molecule has 0 saturated carbocycles. The minimum atomic E-state index is -4.34. The number of hydrogen-bond donors (Lipinski definition) is 1. The molecule has 0 spiro atoms. The van der Waals surface area contributed by atoms with Crippen LogP contribution in [0.4, 0.5) is 19.0 Å². The standard InChI is InChI=1S/C24H21F3N3O/c25-24(26,27)21-6-1-2-7-22(21)29-12-14-30(15-13-29)23-11-10-19(17-28-23)9-8-18-4-3-5-20(31)16-18/h2-7,10-11,16-17,31H,1,12-15H2. The number of piperazine rings is 1. The molecule has 2 heterocycles. The van der Waals surface area contributed by atoms with Crippen molar-refractivity contribution < 1.29 is 18.3 Å². The molecule has 0 amide bonds. The van der Waals surface area contributed by atoms with Gasteiger partial charge in [0.2, 0.25) is 0 Å². The number of nitrogens with zero attached hydrogens (tertiary/aromatic N) is 3. The topological polar surface area (TPSA) is 39.6 Å². The Morgan fingerprint density at radius 1 is 0.935 bits per heavy atom. The van der Waals surface area contributed by atoms with Crippen molar-refractivity contribution in [2.75, 3.05) is 31.1 Å². The zero-order chi connectivity index (χ0) is 21.8. The van der Waals surface area contributed by atoms with Crippen LogP contribution in [0.5, 0.6) is 5.75 Å². The van der Waals surface area contributed by atoms with Gasteiger partial charge in [0.15, 0.2) is 0 Å². The van der Waals surface area contributed by atoms with Gasteiger partial charge in [-0.05, 0) is 42.8 Å². The van der Waals surface area contributed by atoms with Gasteiger partial charge in [-0.15, -0.1) is 0 Å². The molecule has 1 saturated heterocycles. The maximum atomic E-state index is 13.3. The van der Waals surface area contributed by atoms with Crippen LogP contribution in [0.2, 0.25) is 0 Å². The first-order valence-corrected chi connectivity index (χ1v) is 9.98. The molecule has 1 aliphatic heterocycles. The van der Waals surface area contributed by atoms with Gasteiger partial charge in [0.05, 0.1) is 5.57 Å². The van der Waals surface area contributed by atoms with E-state index in [1.807, 2.05) is 18.2 Å². The number of allylic oxidation sites excluding steroid dienone is 3. The third kappa shape index (κ3) is 5.02. The number of anilines is 1. The van der Waals surface area contributed by atoms with Gasteiger partial charge in [-0.25, -0.2) is 4.98 Å². The lowest BCUT2D eigenvalue weighted by Gasteiger charge is -2.38. The predicted molar refractivity (Wildman–Crippen MR) is 113 cm³/mol. The van der Waals surface area contributed by atoms with E-state index in [4.69, 9.17) is 0 Å². The van der Waals surface area contributed by atoms with Crippen LogP contribution >= 0.6 is 0 Å². The van der Waals surface area contributed by atoms with Gasteiger partial charge in [0.25, 0.3) is 0 Å². The van der Waals surface area contributed by atoms with Gasteiger partial charge in [-0.3, -0.25) is 0 Å². The quantitative estimate of drug-likeness (QED) is 0.731. The van der Waals surface area contributed by atoms with Crippen LogP contribution in [0.15, 0.2) is 66.0 Å². The molecular weight excluding hydrogens is 403 g/mol. The summed E-state index contributed by atoms with van der Waals surface area (Å²) in [5, 5.41) is 9.49. The SMILES string of the molecule is Oc1cccc(C#Cc2ccc(N3CCN(C4=C(C(F)(F)F)[CH]CC=C4)CC3)nc2)c1. The number of pyridine rings is 1. The summed E-state index contributed by atoms with van der Waals surface area (Å²) in [6.07, 6.45) is 2.24. The third-order valence-corrected chi connectivity index (χ3v) is 5.20. The van der Waals surface area contributed by atoms with Crippen molar-refractivity contribution in [3.8, 4) is 17.6 Å². The highest BCUT2D eigenvalue weighted by Crippen LogP contribution is 2.35. The van der Waals surface area contributed by atoms with Crippen molar-refractivity contribution in [1.29, 1.82) is 0 Å². The van der Waals surface area contributed by atoms with Crippen molar-refractivity contribution in [2.45, 2.75) is 12.6 Å². The van der Waals surface area contributed by atoms with E-state index in [9.17, 15) is 18.3 Å². The van der Waals surface area contributed by atoms with E-state index in [-0.39, 0.29) is 11.4 Å². The van der Waals surface area contributed by atoms with Crippen molar-refractivity contribution in [3.05, 3.63) is 83.6 Å². The second-order valence-electron chi connectivity index (χ2n) is 7.32. The lowest BCUT2D eigenvalue weighted by molar-refractivity contribution is -0.0919. The van der Waals surface area contributed by atoms with Gasteiger partial charge in [0, 0.05) is 55.6 Å². The Bertz CT molecular complexity index is 1050. The molecule has 1 aliphatic carbocycles. The van der Waals surface area contributed by atoms with Gasteiger partial charge < -0.3 is 14.9 Å². The molecule has 0 atom stereocenters. The Morgan fingerprint density at radius 2 is 1.68 bits per heavy atom. The predicted octanol–water partition coefficient (Wildman–Crippen LogP) is 4.29. The molecular formula is C24H21F3N3O. The fraction of sp³-hybridized carbons (Fsp3) is 0.250. The lowest BCUT2D eigenvalue weighted by Crippen LogP contribution is -2.46. The van der Waals surface area contributed by atoms with Crippen molar-refractivity contribution in [2.24, 2.45) is 0 Å². The molecule has 2 aliphatic rings. The normalized spacial score (nSPS) is 16.9. The Morgan fingerprint density at radius 3 is 2.35 bits per heavy atom. The van der Waals surface area contributed by atoms with Crippen LogP contribution in [-0.2, 0) is 0 Å². The van der Waals surface area contributed by atoms with Crippen LogP contribution < -0.4 is 4.90 Å². The van der Waals surface area contributed by atoms with E-state index in [0.717, 1.165) is 11.4 Å². The summed E-state index contributed by atoms with van der Waals surface area (Å²) >= 11 is 0. The Hall–Kier alpha value is -3.40. The van der Waals surface area contributed by atoms with Crippen LogP contribution in [0.1, 0.15) is 17.5 Å². The molecule has 1 aromatic heterocycles. The van der Waals surface area contributed by atoms with E-state index in [1.165, 1.54) is 6.42 Å². The summed E-state index contributed by atoms with van der Waals surface area (Å²) in [6, 6.07) is 10.5. The molecule has 0 unspecified atom stereocenters. The molecule has 0 bridgehead atoms. The van der Waals surface area contributed by atoms with Crippen LogP contribution in [0.25, 0.3) is 0 Å². The average molecular weight is 424 g/mol. The fourth-order valence-electron chi connectivity index (χ4n) is 3.65. The van der Waals surface area contributed by atoms with E-state index in [1.54, 1.807) is 41.4 Å². The van der Waals surface area contributed by atoms with Crippen molar-refractivity contribution in [3.63, 3.8) is 0 Å². The monoisotopic (exact) mass is 424 g/mol. The molecule has 31 heavy (non-hydrogen) atoms. The summed E-state index contributed by atoms with van der Waals surface area (Å²) in [6.45, 7) is 2.16. The van der Waals surface area contributed by atoms with Gasteiger partial charge in [-0.1, -0.05) is 24.0 Å². The highest BCUT2D eigenvalue weighted by molar-refractivity contribution is 5.48. The molecule has 4 rings (SSSR count). The maximum absolute atomic E-state index is 13.3. The van der Waals surface area contributed by atoms with Crippen LogP contribution in [0.3, 0.4) is 0 Å². The van der Waals surface area contributed by atoms with Gasteiger partial charge in [0.1, 0.15) is 11.6 Å². The zero-order valence-electron chi connectivity index (χ0n) is 16.7. The van der Waals surface area contributed by atoms with E-state index in [0.29, 0.717) is 38.2 Å². The second-order valence-corrected chi connectivity index (χ2v) is 7.32. The summed E-state index contributed by atoms with van der Waals surface area (Å²) in [7, 11) is 0. The molecule has 4 nitrogen and oxygen atoms in total. The second kappa shape index (κ2) is 8.76. The number of phenols is 1. The molecule has 1 N–H and O–H groups in total. The van der Waals surface area contributed by atoms with E-state index in [2.05, 4.69) is 21.7 Å². The number of rotatable bonds is 2. The number of alkyl halides is 3. The highest BCUT2D eigenvalue weighted by atomic mass is 19.4. The lowest BCUT2D eigenvalue weighted by atomic mass is 10.00. The van der Waals surface area contributed by atoms with Crippen LogP contribution in [0, 0.1) is 18.3 Å². The fourth-order valence-corrected chi connectivity index (χ4v) is 3.65. The molecule has 2 aromatic rings. The summed E-state index contributed by atoms with van der Waals surface area (Å²) in [4.78, 5) is 8.32. The van der Waals surface area contributed by atoms with Crippen molar-refractivity contribution in [1.82, 2.24) is 9.88 Å². The zero-order valence-corrected chi connectivity index (χ0v) is 16.7. The Kier molecular flexibility index (Phi) is 5.90. The smallest absolute Gasteiger partial charge is 0.414 e. The number of aromatic nitrogens is 1. The van der Waals surface area contributed by atoms with Gasteiger partial charge >= 0.3 is 6.18 Å².